The fourth-order valence-electron chi connectivity index (χ4n) is 2.88. The summed E-state index contributed by atoms with van der Waals surface area (Å²) in [5, 5.41) is 9.26. The van der Waals surface area contributed by atoms with Gasteiger partial charge in [-0.15, -0.1) is 0 Å². The van der Waals surface area contributed by atoms with E-state index in [0.29, 0.717) is 25.7 Å². The van der Waals surface area contributed by atoms with Crippen molar-refractivity contribution < 1.29 is 27.9 Å². The van der Waals surface area contributed by atoms with E-state index in [4.69, 9.17) is 0 Å². The van der Waals surface area contributed by atoms with Gasteiger partial charge in [-0.3, -0.25) is 0 Å². The molecule has 5 nitrogen and oxygen atoms in total. The van der Waals surface area contributed by atoms with Gasteiger partial charge in [-0.05, 0) is 31.6 Å². The number of carboxylic acid groups (broad SMARTS) is 1. The summed E-state index contributed by atoms with van der Waals surface area (Å²) in [5.74, 6) is -1.41. The van der Waals surface area contributed by atoms with E-state index >= 15 is 0 Å². The van der Waals surface area contributed by atoms with Crippen LogP contribution >= 0.6 is 0 Å². The van der Waals surface area contributed by atoms with Crippen LogP contribution in [-0.2, 0) is 4.79 Å². The minimum Gasteiger partial charge on any atom is -0.480 e. The van der Waals surface area contributed by atoms with Crippen LogP contribution in [0.15, 0.2) is 0 Å². The number of hydrogen-bond acceptors (Lipinski definition) is 2. The highest BCUT2D eigenvalue weighted by molar-refractivity contribution is 5.83. The number of carbonyl (C=O) groups is 2. The van der Waals surface area contributed by atoms with E-state index < -0.39 is 36.8 Å². The predicted octanol–water partition coefficient (Wildman–Crippen LogP) is 2.32. The van der Waals surface area contributed by atoms with Crippen molar-refractivity contribution >= 4 is 12.0 Å². The molecule has 120 valence electrons. The predicted molar refractivity (Wildman–Crippen MR) is 67.7 cm³/mol. The normalized spacial score (nSPS) is 26.6. The zero-order chi connectivity index (χ0) is 15.8. The van der Waals surface area contributed by atoms with Crippen molar-refractivity contribution in [3.8, 4) is 0 Å². The number of alkyl halides is 3. The third-order valence-electron chi connectivity index (χ3n) is 4.01. The standard InChI is InChI=1S/C13H19F3N2O3/c1-8-3-2-6-17(10(8)11(19)20)12(21)18(9-4-5-9)7-13(14,15)16/h8-10H,2-7H2,1H3,(H,19,20). The molecule has 2 rings (SSSR count). The van der Waals surface area contributed by atoms with Crippen LogP contribution in [0.4, 0.5) is 18.0 Å². The maximum atomic E-state index is 12.6. The molecule has 0 aromatic carbocycles. The highest BCUT2D eigenvalue weighted by atomic mass is 19.4. The molecule has 0 aromatic heterocycles. The molecule has 1 heterocycles. The first-order valence-corrected chi connectivity index (χ1v) is 7.07. The molecule has 2 atom stereocenters. The summed E-state index contributed by atoms with van der Waals surface area (Å²) in [4.78, 5) is 25.6. The van der Waals surface area contributed by atoms with Crippen molar-refractivity contribution in [1.82, 2.24) is 9.80 Å². The third kappa shape index (κ3) is 3.79. The van der Waals surface area contributed by atoms with Gasteiger partial charge in [0, 0.05) is 12.6 Å². The van der Waals surface area contributed by atoms with E-state index in [1.807, 2.05) is 0 Å². The van der Waals surface area contributed by atoms with E-state index in [1.165, 1.54) is 0 Å². The van der Waals surface area contributed by atoms with E-state index in [2.05, 4.69) is 0 Å². The number of rotatable bonds is 3. The quantitative estimate of drug-likeness (QED) is 0.870. The molecule has 1 saturated carbocycles. The first-order valence-electron chi connectivity index (χ1n) is 7.07. The lowest BCUT2D eigenvalue weighted by molar-refractivity contribution is -0.148. The van der Waals surface area contributed by atoms with Gasteiger partial charge in [0.05, 0.1) is 0 Å². The Hall–Kier alpha value is -1.47. The molecule has 2 unspecified atom stereocenters. The number of aliphatic carboxylic acids is 1. The van der Waals surface area contributed by atoms with E-state index in [-0.39, 0.29) is 12.5 Å². The fourth-order valence-corrected chi connectivity index (χ4v) is 2.88. The molecule has 1 aliphatic carbocycles. The minimum absolute atomic E-state index is 0.196. The SMILES string of the molecule is CC1CCCN(C(=O)N(CC(F)(F)F)C2CC2)C1C(=O)O. The molecular weight excluding hydrogens is 289 g/mol. The maximum absolute atomic E-state index is 12.6. The average molecular weight is 308 g/mol. The third-order valence-corrected chi connectivity index (χ3v) is 4.01. The van der Waals surface area contributed by atoms with Crippen LogP contribution in [0.25, 0.3) is 0 Å². The zero-order valence-electron chi connectivity index (χ0n) is 11.8. The summed E-state index contributed by atoms with van der Waals surface area (Å²) in [7, 11) is 0. The lowest BCUT2D eigenvalue weighted by atomic mass is 9.91. The molecule has 2 fully saturated rings. The molecule has 1 aliphatic heterocycles. The van der Waals surface area contributed by atoms with Crippen molar-refractivity contribution in [2.24, 2.45) is 5.92 Å². The van der Waals surface area contributed by atoms with Crippen LogP contribution in [0.3, 0.4) is 0 Å². The maximum Gasteiger partial charge on any atom is 0.406 e. The number of urea groups is 1. The summed E-state index contributed by atoms with van der Waals surface area (Å²) < 4.78 is 37.9. The Labute approximate surface area is 120 Å². The summed E-state index contributed by atoms with van der Waals surface area (Å²) in [5.41, 5.74) is 0. The van der Waals surface area contributed by atoms with Crippen LogP contribution in [0, 0.1) is 5.92 Å². The number of carbonyl (C=O) groups excluding carboxylic acids is 1. The van der Waals surface area contributed by atoms with Gasteiger partial charge in [0.2, 0.25) is 0 Å². The molecule has 2 amide bonds. The van der Waals surface area contributed by atoms with Crippen molar-refractivity contribution in [3.63, 3.8) is 0 Å². The summed E-state index contributed by atoms with van der Waals surface area (Å²) in [6.07, 6.45) is -2.12. The van der Waals surface area contributed by atoms with E-state index in [9.17, 15) is 27.9 Å². The molecular formula is C13H19F3N2O3. The Kier molecular flexibility index (Phi) is 4.34. The van der Waals surface area contributed by atoms with Crippen LogP contribution in [-0.4, -0.2) is 58.3 Å². The Morgan fingerprint density at radius 3 is 2.38 bits per heavy atom. The van der Waals surface area contributed by atoms with Crippen LogP contribution in [0.5, 0.6) is 0 Å². The monoisotopic (exact) mass is 308 g/mol. The Balaban J connectivity index is 2.16. The van der Waals surface area contributed by atoms with Gasteiger partial charge < -0.3 is 14.9 Å². The summed E-state index contributed by atoms with van der Waals surface area (Å²) in [6, 6.07) is -2.25. The van der Waals surface area contributed by atoms with Crippen molar-refractivity contribution in [3.05, 3.63) is 0 Å². The molecule has 1 saturated heterocycles. The molecule has 2 aliphatic rings. The van der Waals surface area contributed by atoms with Gasteiger partial charge in [0.1, 0.15) is 12.6 Å². The van der Waals surface area contributed by atoms with Crippen LogP contribution in [0.1, 0.15) is 32.6 Å². The first kappa shape index (κ1) is 15.9. The lowest BCUT2D eigenvalue weighted by Gasteiger charge is -2.40. The second-order valence-corrected chi connectivity index (χ2v) is 5.85. The summed E-state index contributed by atoms with van der Waals surface area (Å²) in [6.45, 7) is 0.596. The highest BCUT2D eigenvalue weighted by Crippen LogP contribution is 2.33. The van der Waals surface area contributed by atoms with E-state index in [1.54, 1.807) is 6.92 Å². The fraction of sp³-hybridized carbons (Fsp3) is 0.846. The van der Waals surface area contributed by atoms with E-state index in [0.717, 1.165) is 9.80 Å². The Morgan fingerprint density at radius 2 is 1.90 bits per heavy atom. The van der Waals surface area contributed by atoms with Gasteiger partial charge >= 0.3 is 18.2 Å². The van der Waals surface area contributed by atoms with Crippen LogP contribution in [0.2, 0.25) is 0 Å². The topological polar surface area (TPSA) is 60.9 Å². The minimum atomic E-state index is -4.47. The molecule has 0 aromatic rings. The number of carboxylic acids is 1. The van der Waals surface area contributed by atoms with Crippen LogP contribution < -0.4 is 0 Å². The molecule has 0 radical (unpaired) electrons. The smallest absolute Gasteiger partial charge is 0.406 e. The highest BCUT2D eigenvalue weighted by Gasteiger charge is 2.45. The average Bonchev–Trinajstić information content (AvgIpc) is 3.17. The van der Waals surface area contributed by atoms with Gasteiger partial charge in [0.25, 0.3) is 0 Å². The number of amides is 2. The second kappa shape index (κ2) is 5.73. The molecule has 0 spiro atoms. The number of hydrogen-bond donors (Lipinski definition) is 1. The Morgan fingerprint density at radius 1 is 1.29 bits per heavy atom. The van der Waals surface area contributed by atoms with Gasteiger partial charge in [-0.1, -0.05) is 6.92 Å². The number of nitrogens with zero attached hydrogens (tertiary/aromatic N) is 2. The molecule has 8 heteroatoms. The number of likely N-dealkylation sites (tertiary alicyclic amines) is 1. The molecule has 1 N–H and O–H groups in total. The van der Waals surface area contributed by atoms with Crippen molar-refractivity contribution in [2.75, 3.05) is 13.1 Å². The largest absolute Gasteiger partial charge is 0.480 e. The van der Waals surface area contributed by atoms with Gasteiger partial charge in [-0.2, -0.15) is 13.2 Å². The molecule has 0 bridgehead atoms. The number of piperidine rings is 1. The lowest BCUT2D eigenvalue weighted by Crippen LogP contribution is -2.57. The van der Waals surface area contributed by atoms with Gasteiger partial charge in [0.15, 0.2) is 0 Å². The Bertz CT molecular complexity index is 423. The second-order valence-electron chi connectivity index (χ2n) is 5.85. The number of halogens is 3. The summed E-state index contributed by atoms with van der Waals surface area (Å²) >= 11 is 0. The van der Waals surface area contributed by atoms with Gasteiger partial charge in [-0.25, -0.2) is 9.59 Å². The molecule has 21 heavy (non-hydrogen) atoms. The first-order chi connectivity index (χ1) is 9.70. The zero-order valence-corrected chi connectivity index (χ0v) is 11.8. The van der Waals surface area contributed by atoms with Crippen molar-refractivity contribution in [1.29, 1.82) is 0 Å². The van der Waals surface area contributed by atoms with Crippen molar-refractivity contribution in [2.45, 2.75) is 50.9 Å².